The second-order valence-corrected chi connectivity index (χ2v) is 8.70. The van der Waals surface area contributed by atoms with Crippen molar-refractivity contribution in [3.05, 3.63) is 95.5 Å². The largest absolute Gasteiger partial charge is 0.497 e. The molecule has 0 spiro atoms. The molecule has 2 heterocycles. The lowest BCUT2D eigenvalue weighted by atomic mass is 10.1. The van der Waals surface area contributed by atoms with E-state index < -0.39 is 0 Å². The second kappa shape index (κ2) is 11.6. The van der Waals surface area contributed by atoms with Crippen LogP contribution in [0.2, 0.25) is 5.02 Å². The quantitative estimate of drug-likeness (QED) is 0.284. The summed E-state index contributed by atoms with van der Waals surface area (Å²) in [6.45, 7) is 1.67. The first kappa shape index (κ1) is 25.0. The molecule has 9 nitrogen and oxygen atoms in total. The van der Waals surface area contributed by atoms with Crippen molar-refractivity contribution in [2.75, 3.05) is 31.7 Å². The maximum atomic E-state index is 9.15. The van der Waals surface area contributed by atoms with Crippen LogP contribution < -0.4 is 14.4 Å². The van der Waals surface area contributed by atoms with Gasteiger partial charge in [0.25, 0.3) is 0 Å². The highest BCUT2D eigenvalue weighted by Crippen LogP contribution is 2.26. The van der Waals surface area contributed by atoms with Gasteiger partial charge in [-0.15, -0.1) is 15.0 Å². The summed E-state index contributed by atoms with van der Waals surface area (Å²) >= 11 is 6.44. The van der Waals surface area contributed by atoms with Crippen molar-refractivity contribution < 1.29 is 9.47 Å². The Kier molecular flexibility index (Phi) is 7.62. The van der Waals surface area contributed by atoms with Crippen molar-refractivity contribution in [3.63, 3.8) is 0 Å². The number of ether oxygens (including phenoxy) is 2. The zero-order valence-corrected chi connectivity index (χ0v) is 21.4. The van der Waals surface area contributed by atoms with Gasteiger partial charge in [0.05, 0.1) is 36.9 Å². The van der Waals surface area contributed by atoms with Gasteiger partial charge in [0.2, 0.25) is 5.82 Å². The van der Waals surface area contributed by atoms with Gasteiger partial charge in [-0.05, 0) is 54.6 Å². The first-order chi connectivity index (χ1) is 18.7. The monoisotopic (exact) mass is 525 g/mol. The minimum Gasteiger partial charge on any atom is -0.497 e. The van der Waals surface area contributed by atoms with E-state index in [1.165, 1.54) is 11.1 Å². The highest BCUT2D eigenvalue weighted by atomic mass is 35.5. The maximum Gasteiger partial charge on any atom is 0.204 e. The summed E-state index contributed by atoms with van der Waals surface area (Å²) in [5.41, 5.74) is 3.67. The fourth-order valence-corrected chi connectivity index (χ4v) is 4.24. The van der Waals surface area contributed by atoms with Gasteiger partial charge in [0.15, 0.2) is 0 Å². The number of halogens is 1. The van der Waals surface area contributed by atoms with Gasteiger partial charge < -0.3 is 14.4 Å². The molecule has 10 heteroatoms. The number of hydrogen-bond donors (Lipinski definition) is 0. The third-order valence-corrected chi connectivity index (χ3v) is 6.26. The minimum atomic E-state index is 0.403. The molecule has 3 aromatic carbocycles. The van der Waals surface area contributed by atoms with E-state index in [4.69, 9.17) is 31.3 Å². The SMILES string of the molecule is COc1ccc(OCCN(CCC#N)c2ccc(N=C3C(c4ccccc4Cl)=Nn4ncnc43)cc2)cc1. The number of aromatic nitrogens is 3. The third-order valence-electron chi connectivity index (χ3n) is 5.93. The Morgan fingerprint density at radius 2 is 1.76 bits per heavy atom. The lowest BCUT2D eigenvalue weighted by Gasteiger charge is -2.24. The number of hydrogen-bond acceptors (Lipinski definition) is 8. The number of nitriles is 1. The number of nitrogens with zero attached hydrogens (tertiary/aromatic N) is 7. The van der Waals surface area contributed by atoms with Crippen LogP contribution in [0.3, 0.4) is 0 Å². The molecule has 0 aliphatic carbocycles. The van der Waals surface area contributed by atoms with E-state index in [-0.39, 0.29) is 0 Å². The number of fused-ring (bicyclic) bond motifs is 1. The standard InChI is InChI=1S/C28H24ClN7O2/c1-37-22-11-13-23(14-12-22)38-18-17-35(16-4-15-30)21-9-7-20(8-10-21)33-27-26(24-5-2-3-6-25(24)29)34-36-28(27)31-19-32-36/h2-3,5-14,19H,4,16-18H2,1H3. The molecule has 0 saturated carbocycles. The van der Waals surface area contributed by atoms with Crippen LogP contribution in [0.1, 0.15) is 17.8 Å². The molecule has 5 rings (SSSR count). The zero-order chi connectivity index (χ0) is 26.3. The molecule has 0 bridgehead atoms. The molecular formula is C28H24ClN7O2. The van der Waals surface area contributed by atoms with Crippen LogP contribution in [0, 0.1) is 11.3 Å². The molecule has 190 valence electrons. The first-order valence-corrected chi connectivity index (χ1v) is 12.4. The van der Waals surface area contributed by atoms with Gasteiger partial charge in [0.1, 0.15) is 35.9 Å². The van der Waals surface area contributed by atoms with E-state index in [0.29, 0.717) is 48.4 Å². The third kappa shape index (κ3) is 5.51. The van der Waals surface area contributed by atoms with Crippen LogP contribution in [-0.2, 0) is 0 Å². The van der Waals surface area contributed by atoms with Gasteiger partial charge in [-0.1, -0.05) is 29.8 Å². The van der Waals surface area contributed by atoms with E-state index in [0.717, 1.165) is 28.4 Å². The molecule has 0 radical (unpaired) electrons. The molecule has 0 amide bonds. The fraction of sp³-hybridized carbons (Fsp3) is 0.179. The smallest absolute Gasteiger partial charge is 0.204 e. The van der Waals surface area contributed by atoms with Crippen LogP contribution in [-0.4, -0.2) is 53.1 Å². The molecule has 1 aliphatic heterocycles. The van der Waals surface area contributed by atoms with Crippen LogP contribution in [0.25, 0.3) is 0 Å². The fourth-order valence-electron chi connectivity index (χ4n) is 4.02. The Morgan fingerprint density at radius 1 is 1.00 bits per heavy atom. The minimum absolute atomic E-state index is 0.403. The van der Waals surface area contributed by atoms with Gasteiger partial charge in [-0.2, -0.15) is 5.26 Å². The number of rotatable bonds is 10. The summed E-state index contributed by atoms with van der Waals surface area (Å²) in [7, 11) is 1.63. The molecule has 1 aliphatic rings. The van der Waals surface area contributed by atoms with Crippen LogP contribution in [0.5, 0.6) is 11.5 Å². The number of anilines is 1. The zero-order valence-electron chi connectivity index (χ0n) is 20.7. The summed E-state index contributed by atoms with van der Waals surface area (Å²) in [6.07, 6.45) is 1.85. The van der Waals surface area contributed by atoms with Crippen LogP contribution in [0.4, 0.5) is 11.4 Å². The molecule has 0 atom stereocenters. The first-order valence-electron chi connectivity index (χ1n) is 12.0. The molecule has 1 aromatic heterocycles. The second-order valence-electron chi connectivity index (χ2n) is 8.30. The molecular weight excluding hydrogens is 502 g/mol. The average Bonchev–Trinajstić information content (AvgIpc) is 3.54. The normalized spacial score (nSPS) is 13.1. The Morgan fingerprint density at radius 3 is 2.50 bits per heavy atom. The van der Waals surface area contributed by atoms with Crippen molar-refractivity contribution in [2.45, 2.75) is 6.42 Å². The van der Waals surface area contributed by atoms with E-state index in [1.54, 1.807) is 7.11 Å². The predicted octanol–water partition coefficient (Wildman–Crippen LogP) is 5.13. The van der Waals surface area contributed by atoms with Crippen molar-refractivity contribution in [2.24, 2.45) is 10.1 Å². The highest BCUT2D eigenvalue weighted by molar-refractivity contribution is 6.56. The Balaban J connectivity index is 1.33. The number of aliphatic imine (C=N–C) groups is 1. The summed E-state index contributed by atoms with van der Waals surface area (Å²) in [6, 6.07) is 25.0. The molecule has 4 aromatic rings. The molecule has 0 N–H and O–H groups in total. The topological polar surface area (TPSA) is 101 Å². The van der Waals surface area contributed by atoms with E-state index in [9.17, 15) is 0 Å². The summed E-state index contributed by atoms with van der Waals surface area (Å²) < 4.78 is 11.1. The number of benzene rings is 3. The van der Waals surface area contributed by atoms with Crippen molar-refractivity contribution in [1.29, 1.82) is 5.26 Å². The lowest BCUT2D eigenvalue weighted by molar-refractivity contribution is 0.323. The predicted molar refractivity (Wildman–Crippen MR) is 147 cm³/mol. The molecule has 0 saturated heterocycles. The average molecular weight is 526 g/mol. The van der Waals surface area contributed by atoms with E-state index in [1.807, 2.05) is 72.8 Å². The Labute approximate surface area is 225 Å². The maximum absolute atomic E-state index is 9.15. The van der Waals surface area contributed by atoms with Gasteiger partial charge in [-0.3, -0.25) is 0 Å². The Hall–Kier alpha value is -4.68. The number of methoxy groups -OCH3 is 1. The van der Waals surface area contributed by atoms with Gasteiger partial charge in [-0.25, -0.2) is 9.98 Å². The van der Waals surface area contributed by atoms with Crippen LogP contribution in [0.15, 0.2) is 89.2 Å². The van der Waals surface area contributed by atoms with Crippen LogP contribution >= 0.6 is 11.6 Å². The lowest BCUT2D eigenvalue weighted by Crippen LogP contribution is -2.29. The molecule has 38 heavy (non-hydrogen) atoms. The van der Waals surface area contributed by atoms with Crippen molar-refractivity contribution in [3.8, 4) is 17.6 Å². The molecule has 0 unspecified atom stereocenters. The summed E-state index contributed by atoms with van der Waals surface area (Å²) in [5.74, 6) is 2.09. The Bertz CT molecular complexity index is 1510. The van der Waals surface area contributed by atoms with Crippen molar-refractivity contribution in [1.82, 2.24) is 14.9 Å². The highest BCUT2D eigenvalue weighted by Gasteiger charge is 2.28. The van der Waals surface area contributed by atoms with Crippen molar-refractivity contribution >= 4 is 34.4 Å². The van der Waals surface area contributed by atoms with Gasteiger partial charge in [0, 0.05) is 17.8 Å². The summed E-state index contributed by atoms with van der Waals surface area (Å²) in [5, 5.41) is 18.4. The van der Waals surface area contributed by atoms with E-state index >= 15 is 0 Å². The summed E-state index contributed by atoms with van der Waals surface area (Å²) in [4.78, 5) is 12.8. The van der Waals surface area contributed by atoms with Gasteiger partial charge >= 0.3 is 0 Å². The molecule has 0 fully saturated rings. The van der Waals surface area contributed by atoms with E-state index in [2.05, 4.69) is 26.2 Å².